The van der Waals surface area contributed by atoms with Crippen LogP contribution in [0.1, 0.15) is 8.35 Å². The molecule has 0 spiro atoms. The van der Waals surface area contributed by atoms with Gasteiger partial charge in [-0.1, -0.05) is 31.4 Å². The van der Waals surface area contributed by atoms with Crippen LogP contribution < -0.4 is 5.32 Å². The number of rotatable bonds is 4. The lowest BCUT2D eigenvalue weighted by atomic mass is 10.1. The van der Waals surface area contributed by atoms with E-state index in [2.05, 4.69) is 25.4 Å². The summed E-state index contributed by atoms with van der Waals surface area (Å²) in [5.74, 6) is 0. The first-order valence-corrected chi connectivity index (χ1v) is 3.38. The average Bonchev–Trinajstić information content (AvgIpc) is 1.99. The van der Waals surface area contributed by atoms with Gasteiger partial charge in [0.25, 0.3) is 0 Å². The van der Waals surface area contributed by atoms with E-state index >= 15 is 0 Å². The van der Waals surface area contributed by atoms with Gasteiger partial charge in [-0.05, 0) is 19.5 Å². The quantitative estimate of drug-likeness (QED) is 0.588. The minimum atomic E-state index is 0. The fourth-order valence-electron chi connectivity index (χ4n) is 0.692. The number of hydrogen-bond donors (Lipinski definition) is 1. The minimum absolute atomic E-state index is 0. The average molecular weight is 139 g/mol. The summed E-state index contributed by atoms with van der Waals surface area (Å²) in [5, 5.41) is 3.11. The van der Waals surface area contributed by atoms with E-state index in [1.807, 2.05) is 19.2 Å². The molecular weight excluding hydrogens is 122 g/mol. The van der Waals surface area contributed by atoms with Crippen LogP contribution in [0.25, 0.3) is 0 Å². The first-order valence-electron chi connectivity index (χ1n) is 3.38. The first-order chi connectivity index (χ1) is 4.76. The van der Waals surface area contributed by atoms with E-state index in [0.717, 1.165) is 5.57 Å². The third-order valence-electron chi connectivity index (χ3n) is 1.48. The van der Waals surface area contributed by atoms with Crippen LogP contribution in [0.15, 0.2) is 37.0 Å². The monoisotopic (exact) mass is 139 g/mol. The molecule has 0 aliphatic carbocycles. The predicted molar refractivity (Wildman–Crippen MR) is 49.1 cm³/mol. The van der Waals surface area contributed by atoms with Gasteiger partial charge in [0.1, 0.15) is 0 Å². The Kier molecular flexibility index (Phi) is 4.59. The van der Waals surface area contributed by atoms with Gasteiger partial charge in [0.2, 0.25) is 0 Å². The highest BCUT2D eigenvalue weighted by Gasteiger charge is 1.98. The third kappa shape index (κ3) is 2.65. The van der Waals surface area contributed by atoms with Crippen molar-refractivity contribution >= 4 is 0 Å². The molecule has 1 nitrogen and oxygen atoms in total. The van der Waals surface area contributed by atoms with E-state index < -0.39 is 0 Å². The van der Waals surface area contributed by atoms with E-state index in [9.17, 15) is 0 Å². The molecule has 0 saturated carbocycles. The summed E-state index contributed by atoms with van der Waals surface area (Å²) in [6.45, 7) is 9.39. The van der Waals surface area contributed by atoms with Crippen molar-refractivity contribution in [3.05, 3.63) is 37.0 Å². The van der Waals surface area contributed by atoms with Crippen molar-refractivity contribution < 1.29 is 1.43 Å². The second-order valence-electron chi connectivity index (χ2n) is 2.12. The number of likely N-dealkylation sites (N-methyl/N-ethyl adjacent to an activating group) is 1. The number of nitrogens with one attached hydrogen (secondary N) is 1. The summed E-state index contributed by atoms with van der Waals surface area (Å²) in [6, 6.07) is 0.357. The normalized spacial score (nSPS) is 14.4. The van der Waals surface area contributed by atoms with Gasteiger partial charge in [0, 0.05) is 7.47 Å². The van der Waals surface area contributed by atoms with Gasteiger partial charge in [-0.2, -0.15) is 0 Å². The zero-order chi connectivity index (χ0) is 7.98. The standard InChI is InChI=1S/C9H15N.H2/c1-5-7-9(6-2)8(3)10-4;/h5-8,10H,1-2H2,3-4H3;1H/b9-7+;. The SMILES string of the molecule is C=C/C=C(\C=C)C(C)NC.[HH]. The predicted octanol–water partition coefficient (Wildman–Crippen LogP) is 2.14. The Balaban J connectivity index is 0. The first kappa shape index (κ1) is 9.18. The van der Waals surface area contributed by atoms with Crippen molar-refractivity contribution in [2.75, 3.05) is 7.05 Å². The molecule has 1 unspecified atom stereocenters. The maximum atomic E-state index is 3.69. The molecule has 0 saturated heterocycles. The van der Waals surface area contributed by atoms with Crippen molar-refractivity contribution in [2.24, 2.45) is 0 Å². The molecule has 1 heteroatoms. The van der Waals surface area contributed by atoms with Gasteiger partial charge in [-0.25, -0.2) is 0 Å². The Hall–Kier alpha value is -0.820. The molecular formula is C9H17N. The van der Waals surface area contributed by atoms with E-state index in [1.54, 1.807) is 6.08 Å². The molecule has 0 aliphatic rings. The lowest BCUT2D eigenvalue weighted by Gasteiger charge is -2.09. The molecule has 0 fully saturated rings. The van der Waals surface area contributed by atoms with E-state index in [1.165, 1.54) is 0 Å². The third-order valence-corrected chi connectivity index (χ3v) is 1.48. The highest BCUT2D eigenvalue weighted by molar-refractivity contribution is 5.25. The van der Waals surface area contributed by atoms with Gasteiger partial charge in [0.05, 0.1) is 0 Å². The van der Waals surface area contributed by atoms with Crippen LogP contribution in [0.5, 0.6) is 0 Å². The van der Waals surface area contributed by atoms with Gasteiger partial charge in [-0.15, -0.1) is 0 Å². The van der Waals surface area contributed by atoms with Crippen molar-refractivity contribution in [1.29, 1.82) is 0 Å². The van der Waals surface area contributed by atoms with E-state index in [4.69, 9.17) is 0 Å². The van der Waals surface area contributed by atoms with Crippen molar-refractivity contribution in [3.8, 4) is 0 Å². The van der Waals surface area contributed by atoms with Gasteiger partial charge in [-0.3, -0.25) is 0 Å². The fourth-order valence-corrected chi connectivity index (χ4v) is 0.692. The molecule has 0 aromatic heterocycles. The maximum absolute atomic E-state index is 3.69. The van der Waals surface area contributed by atoms with E-state index in [0.29, 0.717) is 6.04 Å². The summed E-state index contributed by atoms with van der Waals surface area (Å²) in [4.78, 5) is 0. The van der Waals surface area contributed by atoms with Crippen molar-refractivity contribution in [1.82, 2.24) is 5.32 Å². The molecule has 1 N–H and O–H groups in total. The fraction of sp³-hybridized carbons (Fsp3) is 0.333. The molecule has 0 aromatic carbocycles. The zero-order valence-electron chi connectivity index (χ0n) is 6.72. The molecule has 10 heavy (non-hydrogen) atoms. The molecule has 1 atom stereocenters. The van der Waals surface area contributed by atoms with Crippen LogP contribution in [-0.2, 0) is 0 Å². The highest BCUT2D eigenvalue weighted by Crippen LogP contribution is 2.01. The second kappa shape index (κ2) is 5.00. The number of allylic oxidation sites excluding steroid dienone is 2. The zero-order valence-corrected chi connectivity index (χ0v) is 6.72. The van der Waals surface area contributed by atoms with Gasteiger partial charge in [0.15, 0.2) is 0 Å². The lowest BCUT2D eigenvalue weighted by Crippen LogP contribution is -2.22. The lowest BCUT2D eigenvalue weighted by molar-refractivity contribution is 0.706. The van der Waals surface area contributed by atoms with Crippen LogP contribution in [0.2, 0.25) is 0 Å². The molecule has 0 aromatic rings. The Bertz CT molecular complexity index is 150. The topological polar surface area (TPSA) is 12.0 Å². The maximum Gasteiger partial charge on any atom is 0.0288 e. The molecule has 0 heterocycles. The second-order valence-corrected chi connectivity index (χ2v) is 2.12. The Morgan fingerprint density at radius 3 is 2.50 bits per heavy atom. The summed E-state index contributed by atoms with van der Waals surface area (Å²) >= 11 is 0. The number of hydrogen-bond acceptors (Lipinski definition) is 1. The molecule has 0 radical (unpaired) electrons. The van der Waals surface area contributed by atoms with Gasteiger partial charge >= 0.3 is 0 Å². The van der Waals surface area contributed by atoms with E-state index in [-0.39, 0.29) is 1.43 Å². The molecule has 0 rings (SSSR count). The summed E-state index contributed by atoms with van der Waals surface area (Å²) in [6.07, 6.45) is 5.56. The molecule has 0 aliphatic heterocycles. The Morgan fingerprint density at radius 2 is 2.20 bits per heavy atom. The molecule has 58 valence electrons. The molecule has 0 amide bonds. The summed E-state index contributed by atoms with van der Waals surface area (Å²) in [5.41, 5.74) is 1.16. The van der Waals surface area contributed by atoms with Gasteiger partial charge < -0.3 is 5.32 Å². The highest BCUT2D eigenvalue weighted by atomic mass is 14.9. The minimum Gasteiger partial charge on any atom is -0.313 e. The largest absolute Gasteiger partial charge is 0.313 e. The van der Waals surface area contributed by atoms with Crippen LogP contribution in [0.4, 0.5) is 0 Å². The van der Waals surface area contributed by atoms with Crippen LogP contribution in [0, 0.1) is 0 Å². The molecule has 0 bridgehead atoms. The summed E-state index contributed by atoms with van der Waals surface area (Å²) in [7, 11) is 1.92. The van der Waals surface area contributed by atoms with Crippen molar-refractivity contribution in [2.45, 2.75) is 13.0 Å². The Labute approximate surface area is 64.6 Å². The van der Waals surface area contributed by atoms with Crippen molar-refractivity contribution in [3.63, 3.8) is 0 Å². The Morgan fingerprint density at radius 1 is 1.60 bits per heavy atom. The van der Waals surface area contributed by atoms with Crippen LogP contribution >= 0.6 is 0 Å². The summed E-state index contributed by atoms with van der Waals surface area (Å²) < 4.78 is 0. The smallest absolute Gasteiger partial charge is 0.0288 e. The van der Waals surface area contributed by atoms with Crippen LogP contribution in [-0.4, -0.2) is 13.1 Å². The van der Waals surface area contributed by atoms with Crippen LogP contribution in [0.3, 0.4) is 0 Å².